The van der Waals surface area contributed by atoms with Gasteiger partial charge in [-0.05, 0) is 89.5 Å². The second-order valence-corrected chi connectivity index (χ2v) is 35.6. The fraction of sp³-hybridized carbons (Fsp3) is 0.489. The van der Waals surface area contributed by atoms with E-state index in [1.165, 1.54) is 20.0 Å². The average Bonchev–Trinajstić information content (AvgIpc) is 1.39. The van der Waals surface area contributed by atoms with E-state index in [4.69, 9.17) is 18.9 Å². The molecular weight excluding hydrogens is 1910 g/mol. The summed E-state index contributed by atoms with van der Waals surface area (Å²) in [6, 6.07) is -0.0843. The molecule has 146 heavy (non-hydrogen) atoms. The van der Waals surface area contributed by atoms with Gasteiger partial charge in [0.25, 0.3) is 47.3 Å². The highest BCUT2D eigenvalue weighted by molar-refractivity contribution is 6.00. The minimum atomic E-state index is -0.517. The zero-order valence-electron chi connectivity index (χ0n) is 86.0. The van der Waals surface area contributed by atoms with Crippen molar-refractivity contribution in [1.29, 1.82) is 0 Å². The van der Waals surface area contributed by atoms with Gasteiger partial charge < -0.3 is 96.3 Å². The van der Waals surface area contributed by atoms with Crippen molar-refractivity contribution in [3.8, 4) is 46.0 Å². The lowest BCUT2D eigenvalue weighted by Crippen LogP contribution is -2.56. The molecule has 52 heteroatoms. The molecule has 17 rings (SSSR count). The lowest BCUT2D eigenvalue weighted by atomic mass is 10.2. The van der Waals surface area contributed by atoms with Gasteiger partial charge >= 0.3 is 0 Å². The number of carbonyl (C=O) groups is 8. The number of carbonyl (C=O) groups excluding carboxylic acids is 8. The van der Waals surface area contributed by atoms with E-state index in [2.05, 4.69) is 5.43 Å². The predicted octanol–water partition coefficient (Wildman–Crippen LogP) is 0.225. The molecule has 1 fully saturated rings. The molecule has 0 aliphatic carbocycles. The summed E-state index contributed by atoms with van der Waals surface area (Å²) in [6.07, 6.45) is 13.7. The molecule has 0 aromatic carbocycles. The lowest BCUT2D eigenvalue weighted by Gasteiger charge is -2.42. The third-order valence-electron chi connectivity index (χ3n) is 25.1. The lowest BCUT2D eigenvalue weighted by molar-refractivity contribution is -0.0708. The average molecular weight is 2040 g/mol. The summed E-state index contributed by atoms with van der Waals surface area (Å²) in [6.45, 7) is 34.9. The van der Waals surface area contributed by atoms with Crippen LogP contribution in [0.3, 0.4) is 0 Å². The number of hydrogen-bond acceptors (Lipinski definition) is 36. The number of aromatic hydroxyl groups is 8. The van der Waals surface area contributed by atoms with Crippen molar-refractivity contribution in [3.63, 3.8) is 0 Å². The van der Waals surface area contributed by atoms with E-state index in [9.17, 15) is 118 Å². The van der Waals surface area contributed by atoms with Crippen molar-refractivity contribution in [2.45, 2.75) is 163 Å². The second-order valence-electron chi connectivity index (χ2n) is 35.6. The van der Waals surface area contributed by atoms with Crippen LogP contribution in [0.5, 0.6) is 46.0 Å². The highest BCUT2D eigenvalue weighted by Gasteiger charge is 2.42. The molecule has 17 heterocycles. The molecule has 0 spiro atoms. The first kappa shape index (κ1) is 113. The zero-order chi connectivity index (χ0) is 108. The molecule has 9 aliphatic heterocycles. The number of methoxy groups -OCH3 is 4. The standard InChI is InChI=1S/C14H21N3O5.C14H21N3O4.C12H17N3O4.C12H17N3O3.C11H13N3O3.C11H15N3O3.2C10H13N3O3/c1-10-8-15-9-16(4-6-21-2)17(5-7-22-3)14(20)11(15)13(19)12(10)18;1-9(2)17-14(20)11-13(19)12(18)10(3)7-15(11)8-16(17)5-6-21-4;1-8-6-14-7-13(2)15(4-5-19-3)12(18)9(14)11(17)10(8)16;1-4-14-7-13-6-8(3)10(16)11(17)9(13)12(18)15(14)5-2;1-7-5-12-6-13-3-2-4-14(13)11(17)8(12)10(16)9(7)15;1-4-14-11(17)8-10(16)9(15)7(2)5-13(8)6-12(14)3;1-6-4-13-5-11(2)12(3)10(16)7(13)9(15)8(6)14;1-3-13-5-12-4-6(2)8(14)9(15)7(12)10(16)11-13/h8,19H,4-7,9H2,1-3H3;7,9,19H,5-6,8H2,1-4H3;6,17H,4-5,7H2,1-3H3;6,17H,4-5,7H2,1-3H3;5,16H,2-4,6H2,1H3;5,16H,4,6H2,1-3H3;4,15H,5H2,1-3H3;4,15H,3,5H2,1-2H3,(H,11,16). The normalized spacial score (nSPS) is 16.2. The predicted molar refractivity (Wildman–Crippen MR) is 525 cm³/mol. The second kappa shape index (κ2) is 47.9. The van der Waals surface area contributed by atoms with Crippen LogP contribution in [0.1, 0.15) is 176 Å². The first-order valence-corrected chi connectivity index (χ1v) is 46.7. The number of aryl methyl sites for hydroxylation is 8. The largest absolute Gasteiger partial charge is 0.503 e. The number of amides is 8. The highest BCUT2D eigenvalue weighted by atomic mass is 16.5. The smallest absolute Gasteiger partial charge is 0.289 e. The van der Waals surface area contributed by atoms with Crippen LogP contribution in [-0.4, -0.2) is 354 Å². The van der Waals surface area contributed by atoms with Crippen LogP contribution in [0.25, 0.3) is 0 Å². The Morgan fingerprint density at radius 1 is 0.295 bits per heavy atom. The molecule has 8 aromatic heterocycles. The number of rotatable bonds is 17. The van der Waals surface area contributed by atoms with Crippen LogP contribution < -0.4 is 48.9 Å². The van der Waals surface area contributed by atoms with Crippen molar-refractivity contribution >= 4 is 47.3 Å². The van der Waals surface area contributed by atoms with Gasteiger partial charge in [0.1, 0.15) is 0 Å². The van der Waals surface area contributed by atoms with E-state index in [-0.39, 0.29) is 81.1 Å². The third kappa shape index (κ3) is 23.1. The van der Waals surface area contributed by atoms with Gasteiger partial charge in [0.2, 0.25) is 43.4 Å². The number of fused-ring (bicyclic) bond motifs is 9. The molecule has 8 amide bonds. The number of ether oxygens (including phenoxy) is 4. The Hall–Kier alpha value is -14.7. The van der Waals surface area contributed by atoms with Crippen LogP contribution in [0.2, 0.25) is 0 Å². The van der Waals surface area contributed by atoms with E-state index >= 15 is 0 Å². The third-order valence-corrected chi connectivity index (χ3v) is 25.1. The maximum Gasteiger partial charge on any atom is 0.289 e. The van der Waals surface area contributed by atoms with Gasteiger partial charge in [-0.25, -0.2) is 20.0 Å². The summed E-state index contributed by atoms with van der Waals surface area (Å²) in [4.78, 5) is 191. The first-order chi connectivity index (χ1) is 68.9. The maximum atomic E-state index is 12.6. The molecule has 8 aromatic rings. The fourth-order valence-electron chi connectivity index (χ4n) is 17.4. The Morgan fingerprint density at radius 3 is 0.952 bits per heavy atom. The van der Waals surface area contributed by atoms with E-state index < -0.39 is 107 Å². The molecule has 1 saturated heterocycles. The Morgan fingerprint density at radius 2 is 0.582 bits per heavy atom. The molecule has 0 saturated carbocycles. The molecule has 794 valence electrons. The summed E-state index contributed by atoms with van der Waals surface area (Å²) in [5.41, 5.74) is 2.48. The van der Waals surface area contributed by atoms with Gasteiger partial charge in [-0.15, -0.1) is 0 Å². The number of nitrogens with one attached hydrogen (secondary N) is 1. The molecule has 9 aliphatic rings. The van der Waals surface area contributed by atoms with E-state index in [0.29, 0.717) is 183 Å². The molecule has 52 nitrogen and oxygen atoms in total. The van der Waals surface area contributed by atoms with E-state index in [1.807, 2.05) is 56.6 Å². The molecule has 9 N–H and O–H groups in total. The monoisotopic (exact) mass is 2040 g/mol. The van der Waals surface area contributed by atoms with Gasteiger partial charge in [0.15, 0.2) is 91.5 Å². The number of nitrogens with zero attached hydrogens (tertiary/aromatic N) is 23. The Kier molecular flexibility index (Phi) is 37.1. The number of pyridine rings is 8. The number of aromatic nitrogens is 8. The summed E-state index contributed by atoms with van der Waals surface area (Å²) >= 11 is 0. The van der Waals surface area contributed by atoms with Crippen LogP contribution in [0, 0.1) is 55.4 Å². The van der Waals surface area contributed by atoms with Crippen molar-refractivity contribution in [2.75, 3.05) is 149 Å². The maximum absolute atomic E-state index is 12.6. The van der Waals surface area contributed by atoms with E-state index in [0.717, 1.165) is 13.0 Å². The molecule has 0 unspecified atom stereocenters. The Labute approximate surface area is 837 Å². The quantitative estimate of drug-likeness (QED) is 0.0589. The Bertz CT molecular complexity index is 6840. The molecule has 0 atom stereocenters. The number of hydrogen-bond donors (Lipinski definition) is 9. The van der Waals surface area contributed by atoms with Crippen molar-refractivity contribution in [1.82, 2.24) is 117 Å². The van der Waals surface area contributed by atoms with Crippen LogP contribution in [0.4, 0.5) is 0 Å². The van der Waals surface area contributed by atoms with Crippen molar-refractivity contribution in [2.24, 2.45) is 0 Å². The minimum absolute atomic E-state index is 0.0142. The first-order valence-electron chi connectivity index (χ1n) is 46.7. The highest BCUT2D eigenvalue weighted by Crippen LogP contribution is 2.32. The molecule has 0 radical (unpaired) electrons. The SMILES string of the molecule is CCN1C(=O)c2c(O)c(=O)c(C)cn2CN1C.CCN1Cn2cc(C)c(=O)c(O)c2C(=O)N1.CCN1Cn2cc(C)c(=O)c(O)c2C(=O)N1CC.COCCN1C(=O)c2c(O)c(=O)c(C)cn2CN1C.COCCN1Cn2cc(C)c(=O)c(O)c2C(=O)N1C(C)C.COCCN1Cn2cc(C)c(=O)c(O)c2C(=O)N1CCOC.Cc1cn2c(c(O)c1=O)C(=O)N(C)N(C)C2.Cc1cn2c(c(O)c1=O)C(=O)N1CCCN1C2. The molecule has 0 bridgehead atoms. The van der Waals surface area contributed by atoms with Crippen LogP contribution in [-0.2, 0) is 72.3 Å². The van der Waals surface area contributed by atoms with Gasteiger partial charge in [-0.3, -0.25) is 117 Å². The minimum Gasteiger partial charge on any atom is -0.503 e. The van der Waals surface area contributed by atoms with Crippen LogP contribution >= 0.6 is 0 Å². The van der Waals surface area contributed by atoms with Gasteiger partial charge in [0.05, 0.1) is 92.9 Å². The van der Waals surface area contributed by atoms with Gasteiger partial charge in [-0.2, -0.15) is 20.0 Å². The topological polar surface area (TPSA) is 572 Å². The van der Waals surface area contributed by atoms with Gasteiger partial charge in [-0.1, -0.05) is 13.8 Å². The fourth-order valence-corrected chi connectivity index (χ4v) is 17.4. The summed E-state index contributed by atoms with van der Waals surface area (Å²) in [7, 11) is 13.2. The van der Waals surface area contributed by atoms with Crippen molar-refractivity contribution < 1.29 is 98.2 Å². The summed E-state index contributed by atoms with van der Waals surface area (Å²) < 4.78 is 32.9. The summed E-state index contributed by atoms with van der Waals surface area (Å²) in [5.74, 6) is -6.76. The zero-order valence-corrected chi connectivity index (χ0v) is 86.0. The van der Waals surface area contributed by atoms with E-state index in [1.54, 1.807) is 238 Å². The van der Waals surface area contributed by atoms with Crippen molar-refractivity contribution in [3.05, 3.63) is 221 Å². The summed E-state index contributed by atoms with van der Waals surface area (Å²) in [5, 5.41) is 104. The Balaban J connectivity index is 0.000000171. The molecular formula is C94H130N24O28. The van der Waals surface area contributed by atoms with Crippen LogP contribution in [0.15, 0.2) is 87.9 Å². The number of hydrazine groups is 8. The van der Waals surface area contributed by atoms with Gasteiger partial charge in [0, 0.05) is 209 Å².